The van der Waals surface area contributed by atoms with Crippen LogP contribution in [-0.4, -0.2) is 31.3 Å². The lowest BCUT2D eigenvalue weighted by Crippen LogP contribution is -3.61. The molecule has 0 spiro atoms. The topological polar surface area (TPSA) is 78.9 Å². The first-order valence-corrected chi connectivity index (χ1v) is 35.4. The Morgan fingerprint density at radius 1 is 0.276 bits per heavy atom. The number of unbranched alkanes of at least 4 members (excludes halogenated alkanes) is 30. The first-order valence-electron chi connectivity index (χ1n) is 33.3. The SMILES string of the molecule is CCCCCCCCCCCCCCCCCCOC(=O)c1ccc([I+]c2ccc(C(=O)OCCCCCCCCCCCCCCCCCC)o2)o1.Fc1c(F)c(F)c([B-](c2c(F)c(F)c(F)c(F)c2F)(c2c(F)c(F)c(F)c(F)c2F)c2c(F)c(F)c(F)c(F)c2F)c(F)c1F. The maximum Gasteiger partial charge on any atom is 0.443 e. The zero-order valence-electron chi connectivity index (χ0n) is 54.3. The van der Waals surface area contributed by atoms with Crippen LogP contribution in [0.3, 0.4) is 0 Å². The van der Waals surface area contributed by atoms with Gasteiger partial charge in [-0.2, -0.15) is 0 Å². The first kappa shape index (κ1) is 82.4. The molecule has 0 atom stereocenters. The maximum atomic E-state index is 15.4. The van der Waals surface area contributed by atoms with Crippen LogP contribution in [0.1, 0.15) is 240 Å². The molecule has 4 aromatic carbocycles. The normalized spacial score (nSPS) is 11.7. The molecular weight excluding hydrogens is 1450 g/mol. The Labute approximate surface area is 566 Å². The van der Waals surface area contributed by atoms with Crippen LogP contribution < -0.4 is 43.1 Å². The molecule has 2 heterocycles. The van der Waals surface area contributed by atoms with Crippen LogP contribution in [0.25, 0.3) is 0 Å². The number of carbonyl (C=O) groups is 2. The van der Waals surface area contributed by atoms with Gasteiger partial charge in [-0.1, -0.05) is 206 Å². The summed E-state index contributed by atoms with van der Waals surface area (Å²) < 4.78 is 318. The molecule has 0 aliphatic carbocycles. The largest absolute Gasteiger partial charge is 0.460 e. The van der Waals surface area contributed by atoms with Gasteiger partial charge in [-0.15, -0.1) is 21.9 Å². The summed E-state index contributed by atoms with van der Waals surface area (Å²) in [5.41, 5.74) is -14.3. The van der Waals surface area contributed by atoms with E-state index in [1.165, 1.54) is 180 Å². The highest BCUT2D eigenvalue weighted by Crippen LogP contribution is 2.31. The monoisotopic (exact) mass is 1530 g/mol. The average Bonchev–Trinajstić information content (AvgIpc) is 0.775. The van der Waals surface area contributed by atoms with Gasteiger partial charge in [0.15, 0.2) is 69.8 Å². The standard InChI is InChI=1S/C46H78IO6.C24BF20/c1-3-5-7-9-11-13-15-17-19-21-23-25-27-29-31-33-39-50-45(48)41-35-37-43(52-41)47-44-38-36-42(53-44)46(49)51-40-34-32-30-28-26-24-22-20-18-16-14-12-10-8-6-4-2;26-5-1(6(27)14(35)21(42)13(5)34)25(2-7(28)15(36)22(43)16(37)8(2)29,3-9(30)17(38)23(44)18(39)10(3)31)4-11(32)19(40)24(45)20(41)12(4)33/h35-38H,3-34,39-40H2,1-2H3;/q+1;-1. The van der Waals surface area contributed by atoms with E-state index in [1.54, 1.807) is 24.3 Å². The Balaban J connectivity index is 0.000000358. The van der Waals surface area contributed by atoms with E-state index in [0.29, 0.717) is 20.7 Å². The third kappa shape index (κ3) is 21.4. The number of carbonyl (C=O) groups excluding carboxylic acids is 2. The molecule has 0 amide bonds. The summed E-state index contributed by atoms with van der Waals surface area (Å²) in [5.74, 6) is -71.8. The summed E-state index contributed by atoms with van der Waals surface area (Å²) in [4.78, 5) is 24.9. The van der Waals surface area contributed by atoms with E-state index in [0.717, 1.165) is 25.7 Å². The number of halogens is 21. The van der Waals surface area contributed by atoms with E-state index in [4.69, 9.17) is 18.3 Å². The molecule has 0 radical (unpaired) electrons. The predicted molar refractivity (Wildman–Crippen MR) is 324 cm³/mol. The molecule has 0 bridgehead atoms. The smallest absolute Gasteiger partial charge is 0.443 e. The number of esters is 2. The molecule has 6 rings (SSSR count). The van der Waals surface area contributed by atoms with Crippen molar-refractivity contribution in [3.8, 4) is 0 Å². The molecule has 0 unspecified atom stereocenters. The molecule has 0 saturated heterocycles. The minimum atomic E-state index is -7.22. The molecule has 0 fully saturated rings. The molecule has 544 valence electrons. The van der Waals surface area contributed by atoms with Crippen molar-refractivity contribution in [3.05, 3.63) is 160 Å². The zero-order valence-corrected chi connectivity index (χ0v) is 56.5. The summed E-state index contributed by atoms with van der Waals surface area (Å²) in [5, 5.41) is 0. The van der Waals surface area contributed by atoms with Crippen LogP contribution in [0.15, 0.2) is 33.1 Å². The van der Waals surface area contributed by atoms with E-state index in [9.17, 15) is 62.3 Å². The lowest BCUT2D eigenvalue weighted by Gasteiger charge is -2.44. The van der Waals surface area contributed by atoms with Gasteiger partial charge in [0.1, 0.15) is 52.7 Å². The summed E-state index contributed by atoms with van der Waals surface area (Å²) in [6, 6.07) is 6.94. The van der Waals surface area contributed by atoms with Crippen LogP contribution in [0.2, 0.25) is 0 Å². The van der Waals surface area contributed by atoms with Gasteiger partial charge in [0.25, 0.3) is 0 Å². The van der Waals surface area contributed by atoms with Crippen molar-refractivity contribution in [1.29, 1.82) is 0 Å². The lowest BCUT2D eigenvalue weighted by atomic mass is 9.12. The second-order valence-electron chi connectivity index (χ2n) is 24.0. The summed E-state index contributed by atoms with van der Waals surface area (Å²) >= 11 is -0.803. The number of furan rings is 2. The van der Waals surface area contributed by atoms with E-state index >= 15 is 35.1 Å². The van der Waals surface area contributed by atoms with E-state index in [2.05, 4.69) is 13.8 Å². The fourth-order valence-electron chi connectivity index (χ4n) is 11.7. The van der Waals surface area contributed by atoms with Crippen LogP contribution in [0.4, 0.5) is 87.8 Å². The molecular formula is C70H78BF20IO6. The zero-order chi connectivity index (χ0) is 72.2. The summed E-state index contributed by atoms with van der Waals surface area (Å²) in [6.45, 7) is 5.40. The number of rotatable bonds is 42. The van der Waals surface area contributed by atoms with Crippen molar-refractivity contribution >= 4 is 39.9 Å². The highest BCUT2D eigenvalue weighted by atomic mass is 127. The number of hydrogen-bond acceptors (Lipinski definition) is 6. The Bertz CT molecular complexity index is 3080. The number of benzene rings is 4. The predicted octanol–water partition coefficient (Wildman–Crippen LogP) is 17.7. The molecule has 0 N–H and O–H groups in total. The Hall–Kier alpha value is -6.23. The van der Waals surface area contributed by atoms with E-state index in [1.807, 2.05) is 0 Å². The quantitative estimate of drug-likeness (QED) is 0.00723. The van der Waals surface area contributed by atoms with Crippen molar-refractivity contribution in [2.24, 2.45) is 0 Å². The van der Waals surface area contributed by atoms with Gasteiger partial charge in [0, 0.05) is 12.1 Å². The van der Waals surface area contributed by atoms with E-state index in [-0.39, 0.29) is 11.5 Å². The van der Waals surface area contributed by atoms with Gasteiger partial charge in [-0.3, -0.25) is 0 Å². The highest BCUT2D eigenvalue weighted by Gasteiger charge is 2.52. The van der Waals surface area contributed by atoms with Crippen molar-refractivity contribution in [3.63, 3.8) is 0 Å². The minimum absolute atomic E-state index is 0.223. The molecule has 6 nitrogen and oxygen atoms in total. The van der Waals surface area contributed by atoms with Gasteiger partial charge >= 0.3 is 40.7 Å². The maximum absolute atomic E-state index is 15.4. The van der Waals surface area contributed by atoms with Gasteiger partial charge < -0.3 is 18.3 Å². The van der Waals surface area contributed by atoms with Crippen LogP contribution in [0.5, 0.6) is 0 Å². The van der Waals surface area contributed by atoms with Gasteiger partial charge in [0.2, 0.25) is 11.5 Å². The Kier molecular flexibility index (Phi) is 34.9. The third-order valence-corrected chi connectivity index (χ3v) is 19.1. The molecule has 0 aliphatic rings. The van der Waals surface area contributed by atoms with Gasteiger partial charge in [0.05, 0.1) is 13.2 Å². The van der Waals surface area contributed by atoms with Crippen molar-refractivity contribution in [2.75, 3.05) is 13.2 Å². The van der Waals surface area contributed by atoms with Crippen molar-refractivity contribution < 1.29 is 137 Å². The molecule has 0 saturated carbocycles. The fraction of sp³-hybridized carbons (Fsp3) is 0.514. The summed E-state index contributed by atoms with van der Waals surface area (Å²) in [6.07, 6.45) is 34.9. The molecule has 6 aromatic rings. The van der Waals surface area contributed by atoms with Gasteiger partial charge in [-0.25, -0.2) is 97.4 Å². The van der Waals surface area contributed by atoms with Crippen LogP contribution in [-0.2, 0) is 9.47 Å². The fourth-order valence-corrected chi connectivity index (χ4v) is 13.6. The lowest BCUT2D eigenvalue weighted by molar-refractivity contribution is -0.636. The highest BCUT2D eigenvalue weighted by molar-refractivity contribution is 7.20. The van der Waals surface area contributed by atoms with E-state index < -0.39 is 177 Å². The molecule has 98 heavy (non-hydrogen) atoms. The van der Waals surface area contributed by atoms with Crippen LogP contribution >= 0.6 is 0 Å². The summed E-state index contributed by atoms with van der Waals surface area (Å²) in [7, 11) is 0. The Morgan fingerprint density at radius 2 is 0.449 bits per heavy atom. The second-order valence-corrected chi connectivity index (χ2v) is 26.6. The first-order chi connectivity index (χ1) is 46.8. The molecule has 2 aromatic heterocycles. The van der Waals surface area contributed by atoms with Crippen LogP contribution in [0, 0.1) is 124 Å². The molecule has 28 heteroatoms. The van der Waals surface area contributed by atoms with Crippen molar-refractivity contribution in [2.45, 2.75) is 219 Å². The minimum Gasteiger partial charge on any atom is -0.460 e. The molecule has 0 aliphatic heterocycles. The average molecular weight is 1530 g/mol. The number of hydrogen-bond donors (Lipinski definition) is 0. The number of ether oxygens (including phenoxy) is 2. The van der Waals surface area contributed by atoms with Crippen molar-refractivity contribution in [1.82, 2.24) is 0 Å². The second kappa shape index (κ2) is 41.5. The third-order valence-electron chi connectivity index (χ3n) is 16.9. The van der Waals surface area contributed by atoms with Gasteiger partial charge in [-0.05, 0) is 25.0 Å². The Morgan fingerprint density at radius 3 is 0.643 bits per heavy atom.